The summed E-state index contributed by atoms with van der Waals surface area (Å²) in [6.45, 7) is 8.48. The van der Waals surface area contributed by atoms with Crippen LogP contribution in [0.4, 0.5) is 0 Å². The zero-order chi connectivity index (χ0) is 11.1. The van der Waals surface area contributed by atoms with Gasteiger partial charge in [0.1, 0.15) is 0 Å². The average Bonchev–Trinajstić information content (AvgIpc) is 2.18. The summed E-state index contributed by atoms with van der Waals surface area (Å²) < 4.78 is 0. The van der Waals surface area contributed by atoms with Gasteiger partial charge >= 0.3 is 0 Å². The normalized spacial score (nSPS) is 35.7. The van der Waals surface area contributed by atoms with Crippen molar-refractivity contribution in [2.75, 3.05) is 0 Å². The van der Waals surface area contributed by atoms with E-state index in [9.17, 15) is 4.79 Å². The molecule has 0 aliphatic heterocycles. The molecule has 1 nitrogen and oxygen atoms in total. The maximum Gasteiger partial charge on any atom is 0.155 e. The van der Waals surface area contributed by atoms with Crippen molar-refractivity contribution in [2.45, 2.75) is 46.0 Å². The Morgan fingerprint density at radius 3 is 2.93 bits per heavy atom. The molecule has 82 valence electrons. The van der Waals surface area contributed by atoms with Crippen LogP contribution >= 0.6 is 0 Å². The first-order valence-corrected chi connectivity index (χ1v) is 5.90. The molecule has 1 heteroatoms. The summed E-state index contributed by atoms with van der Waals surface area (Å²) in [5, 5.41) is 0. The standard InChI is InChI=1S/C14H20O/c1-10(2)11-4-6-14(3)7-5-13(15)9-12(14)8-11/h9,11H,1,4-8H2,2-3H3/t11-,14+/m1/s1. The lowest BCUT2D eigenvalue weighted by molar-refractivity contribution is -0.115. The number of hydrogen-bond acceptors (Lipinski definition) is 1. The van der Waals surface area contributed by atoms with E-state index < -0.39 is 0 Å². The van der Waals surface area contributed by atoms with Gasteiger partial charge < -0.3 is 0 Å². The van der Waals surface area contributed by atoms with E-state index in [1.54, 1.807) is 0 Å². The number of hydrogen-bond donors (Lipinski definition) is 0. The minimum atomic E-state index is 0.319. The molecule has 1 saturated carbocycles. The predicted octanol–water partition coefficient (Wildman–Crippen LogP) is 3.66. The van der Waals surface area contributed by atoms with Crippen LogP contribution in [0.25, 0.3) is 0 Å². The van der Waals surface area contributed by atoms with E-state index in [4.69, 9.17) is 0 Å². The Kier molecular flexibility index (Phi) is 2.57. The van der Waals surface area contributed by atoms with Crippen LogP contribution in [-0.2, 0) is 4.79 Å². The van der Waals surface area contributed by atoms with Crippen LogP contribution in [0.1, 0.15) is 46.0 Å². The van der Waals surface area contributed by atoms with Gasteiger partial charge in [-0.15, -0.1) is 0 Å². The van der Waals surface area contributed by atoms with E-state index >= 15 is 0 Å². The van der Waals surface area contributed by atoms with Gasteiger partial charge in [-0.1, -0.05) is 24.6 Å². The van der Waals surface area contributed by atoms with E-state index in [0.717, 1.165) is 19.3 Å². The Bertz CT molecular complexity index is 337. The third-order valence-electron chi connectivity index (χ3n) is 4.24. The topological polar surface area (TPSA) is 17.1 Å². The number of carbonyl (C=O) groups excluding carboxylic acids is 1. The molecule has 0 bridgehead atoms. The van der Waals surface area contributed by atoms with Gasteiger partial charge in [-0.25, -0.2) is 0 Å². The van der Waals surface area contributed by atoms with Gasteiger partial charge in [0.05, 0.1) is 0 Å². The molecule has 2 atom stereocenters. The molecule has 0 N–H and O–H groups in total. The second kappa shape index (κ2) is 3.62. The molecular formula is C14H20O. The van der Waals surface area contributed by atoms with Gasteiger partial charge in [0, 0.05) is 6.42 Å². The van der Waals surface area contributed by atoms with Crippen molar-refractivity contribution in [1.82, 2.24) is 0 Å². The van der Waals surface area contributed by atoms with E-state index in [0.29, 0.717) is 17.1 Å². The first-order chi connectivity index (χ1) is 7.01. The first kappa shape index (κ1) is 10.7. The Hall–Kier alpha value is -0.850. The summed E-state index contributed by atoms with van der Waals surface area (Å²) in [5.41, 5.74) is 2.98. The van der Waals surface area contributed by atoms with Gasteiger partial charge in [-0.3, -0.25) is 4.79 Å². The number of ketones is 1. The van der Waals surface area contributed by atoms with Crippen LogP contribution in [0.3, 0.4) is 0 Å². The van der Waals surface area contributed by atoms with Crippen LogP contribution < -0.4 is 0 Å². The van der Waals surface area contributed by atoms with E-state index in [1.165, 1.54) is 24.0 Å². The maximum atomic E-state index is 11.4. The van der Waals surface area contributed by atoms with Crippen molar-refractivity contribution in [3.05, 3.63) is 23.8 Å². The quantitative estimate of drug-likeness (QED) is 0.596. The zero-order valence-electron chi connectivity index (χ0n) is 9.81. The number of rotatable bonds is 1. The SMILES string of the molecule is C=C(C)[C@@H]1CC[C@@]2(C)CCC(=O)C=C2C1. The fourth-order valence-corrected chi connectivity index (χ4v) is 2.87. The fourth-order valence-electron chi connectivity index (χ4n) is 2.87. The van der Waals surface area contributed by atoms with Crippen molar-refractivity contribution in [1.29, 1.82) is 0 Å². The van der Waals surface area contributed by atoms with Crippen molar-refractivity contribution >= 4 is 5.78 Å². The van der Waals surface area contributed by atoms with Crippen LogP contribution in [0.15, 0.2) is 23.8 Å². The molecule has 15 heavy (non-hydrogen) atoms. The molecule has 0 spiro atoms. The highest BCUT2D eigenvalue weighted by Crippen LogP contribution is 2.49. The van der Waals surface area contributed by atoms with Crippen LogP contribution in [0.2, 0.25) is 0 Å². The highest BCUT2D eigenvalue weighted by Gasteiger charge is 2.38. The van der Waals surface area contributed by atoms with Crippen molar-refractivity contribution in [3.8, 4) is 0 Å². The molecule has 0 saturated heterocycles. The molecule has 2 rings (SSSR count). The summed E-state index contributed by atoms with van der Waals surface area (Å²) >= 11 is 0. The average molecular weight is 204 g/mol. The van der Waals surface area contributed by atoms with E-state index in [1.807, 2.05) is 6.08 Å². The number of fused-ring (bicyclic) bond motifs is 1. The predicted molar refractivity (Wildman–Crippen MR) is 62.6 cm³/mol. The summed E-state index contributed by atoms with van der Waals surface area (Å²) in [5.74, 6) is 0.931. The van der Waals surface area contributed by atoms with Crippen molar-refractivity contribution < 1.29 is 4.79 Å². The molecule has 0 radical (unpaired) electrons. The summed E-state index contributed by atoms with van der Waals surface area (Å²) in [4.78, 5) is 11.4. The first-order valence-electron chi connectivity index (χ1n) is 5.90. The smallest absolute Gasteiger partial charge is 0.155 e. The Labute approximate surface area is 92.3 Å². The van der Waals surface area contributed by atoms with Gasteiger partial charge in [0.25, 0.3) is 0 Å². The molecule has 2 aliphatic carbocycles. The Balaban J connectivity index is 2.23. The molecule has 0 aromatic carbocycles. The van der Waals surface area contributed by atoms with Gasteiger partial charge in [-0.05, 0) is 50.0 Å². The second-order valence-electron chi connectivity index (χ2n) is 5.48. The largest absolute Gasteiger partial charge is 0.295 e. The van der Waals surface area contributed by atoms with E-state index in [-0.39, 0.29) is 0 Å². The molecule has 2 aliphatic rings. The Morgan fingerprint density at radius 2 is 2.27 bits per heavy atom. The monoisotopic (exact) mass is 204 g/mol. The van der Waals surface area contributed by atoms with Crippen molar-refractivity contribution in [2.24, 2.45) is 11.3 Å². The third-order valence-corrected chi connectivity index (χ3v) is 4.24. The molecule has 0 amide bonds. The summed E-state index contributed by atoms with van der Waals surface area (Å²) in [7, 11) is 0. The Morgan fingerprint density at radius 1 is 1.53 bits per heavy atom. The van der Waals surface area contributed by atoms with Crippen LogP contribution in [0, 0.1) is 11.3 Å². The molecular weight excluding hydrogens is 184 g/mol. The molecule has 0 aromatic heterocycles. The summed E-state index contributed by atoms with van der Waals surface area (Å²) in [6.07, 6.45) is 7.26. The molecule has 1 fully saturated rings. The fraction of sp³-hybridized carbons (Fsp3) is 0.643. The number of allylic oxidation sites excluding steroid dienone is 3. The van der Waals surface area contributed by atoms with Gasteiger partial charge in [-0.2, -0.15) is 0 Å². The maximum absolute atomic E-state index is 11.4. The minimum absolute atomic E-state index is 0.319. The lowest BCUT2D eigenvalue weighted by Gasteiger charge is -2.42. The highest BCUT2D eigenvalue weighted by atomic mass is 16.1. The van der Waals surface area contributed by atoms with Crippen molar-refractivity contribution in [3.63, 3.8) is 0 Å². The third kappa shape index (κ3) is 1.92. The summed E-state index contributed by atoms with van der Waals surface area (Å²) in [6, 6.07) is 0. The number of carbonyl (C=O) groups is 1. The van der Waals surface area contributed by atoms with E-state index in [2.05, 4.69) is 20.4 Å². The lowest BCUT2D eigenvalue weighted by Crippen LogP contribution is -2.31. The second-order valence-corrected chi connectivity index (χ2v) is 5.48. The lowest BCUT2D eigenvalue weighted by atomic mass is 9.62. The molecule has 0 unspecified atom stereocenters. The molecule has 0 aromatic rings. The van der Waals surface area contributed by atoms with Crippen LogP contribution in [-0.4, -0.2) is 5.78 Å². The highest BCUT2D eigenvalue weighted by molar-refractivity contribution is 5.91. The van der Waals surface area contributed by atoms with Gasteiger partial charge in [0.15, 0.2) is 5.78 Å². The minimum Gasteiger partial charge on any atom is -0.295 e. The van der Waals surface area contributed by atoms with Gasteiger partial charge in [0.2, 0.25) is 0 Å². The molecule has 0 heterocycles. The van der Waals surface area contributed by atoms with Crippen LogP contribution in [0.5, 0.6) is 0 Å². The zero-order valence-corrected chi connectivity index (χ0v) is 9.81.